The zero-order valence-corrected chi connectivity index (χ0v) is 22.2. The Balaban J connectivity index is 1.46. The third-order valence-electron chi connectivity index (χ3n) is 6.21. The molecule has 0 bridgehead atoms. The van der Waals surface area contributed by atoms with Crippen LogP contribution in [-0.2, 0) is 27.8 Å². The average Bonchev–Trinajstić information content (AvgIpc) is 3.24. The number of hydrogen-bond acceptors (Lipinski definition) is 5. The molecule has 1 aliphatic rings. The van der Waals surface area contributed by atoms with Gasteiger partial charge in [-0.2, -0.15) is 4.99 Å². The fourth-order valence-corrected chi connectivity index (χ4v) is 7.09. The van der Waals surface area contributed by atoms with Gasteiger partial charge in [0.15, 0.2) is 4.80 Å². The molecule has 0 atom stereocenters. The molecule has 2 amide bonds. The molecule has 2 heterocycles. The van der Waals surface area contributed by atoms with Gasteiger partial charge in [-0.05, 0) is 66.9 Å². The van der Waals surface area contributed by atoms with Crippen LogP contribution in [0.25, 0.3) is 10.2 Å². The van der Waals surface area contributed by atoms with Crippen LogP contribution in [0.15, 0.2) is 76.6 Å². The number of benzene rings is 3. The van der Waals surface area contributed by atoms with E-state index in [1.807, 2.05) is 30.3 Å². The molecule has 0 spiro atoms. The molecule has 38 heavy (non-hydrogen) atoms. The van der Waals surface area contributed by atoms with Crippen molar-refractivity contribution in [2.75, 3.05) is 16.2 Å². The van der Waals surface area contributed by atoms with E-state index in [0.29, 0.717) is 22.7 Å². The number of terminal acetylenes is 1. The number of rotatable bonds is 5. The summed E-state index contributed by atoms with van der Waals surface area (Å²) in [6, 6.07) is 18.7. The van der Waals surface area contributed by atoms with Crippen LogP contribution in [0.1, 0.15) is 29.3 Å². The molecule has 0 fully saturated rings. The number of aryl methyl sites for hydroxylation is 1. The average molecular weight is 545 g/mol. The lowest BCUT2D eigenvalue weighted by molar-refractivity contribution is -0.114. The zero-order chi connectivity index (χ0) is 26.9. The van der Waals surface area contributed by atoms with Gasteiger partial charge < -0.3 is 9.88 Å². The van der Waals surface area contributed by atoms with E-state index in [1.54, 1.807) is 16.7 Å². The first kappa shape index (κ1) is 25.4. The minimum Gasteiger partial charge on any atom is -0.326 e. The van der Waals surface area contributed by atoms with Gasteiger partial charge in [0.1, 0.15) is 0 Å². The van der Waals surface area contributed by atoms with Gasteiger partial charge in [0.2, 0.25) is 5.91 Å². The number of fused-ring (bicyclic) bond motifs is 2. The predicted octanol–water partition coefficient (Wildman–Crippen LogP) is 4.18. The number of carbonyl (C=O) groups is 2. The van der Waals surface area contributed by atoms with Crippen LogP contribution in [-0.4, -0.2) is 31.3 Å². The Morgan fingerprint density at radius 3 is 2.61 bits per heavy atom. The number of para-hydroxylation sites is 1. The van der Waals surface area contributed by atoms with E-state index in [4.69, 9.17) is 6.42 Å². The smallest absolute Gasteiger partial charge is 0.279 e. The lowest BCUT2D eigenvalue weighted by Gasteiger charge is -2.30. The first-order chi connectivity index (χ1) is 18.3. The second-order valence-corrected chi connectivity index (χ2v) is 11.7. The largest absolute Gasteiger partial charge is 0.326 e. The quantitative estimate of drug-likeness (QED) is 0.381. The van der Waals surface area contributed by atoms with Gasteiger partial charge in [0.25, 0.3) is 15.9 Å². The van der Waals surface area contributed by atoms with Gasteiger partial charge >= 0.3 is 0 Å². The summed E-state index contributed by atoms with van der Waals surface area (Å²) in [5.41, 5.74) is 3.37. The first-order valence-corrected chi connectivity index (χ1v) is 14.2. The molecule has 10 heteroatoms. The van der Waals surface area contributed by atoms with Crippen molar-refractivity contribution in [1.29, 1.82) is 0 Å². The van der Waals surface area contributed by atoms with E-state index in [0.717, 1.165) is 28.6 Å². The second kappa shape index (κ2) is 10.3. The van der Waals surface area contributed by atoms with Gasteiger partial charge in [0.05, 0.1) is 27.3 Å². The number of nitrogens with one attached hydrogen (secondary N) is 1. The normalized spacial score (nSPS) is 13.7. The summed E-state index contributed by atoms with van der Waals surface area (Å²) in [4.78, 5) is 29.3. The number of carbonyl (C=O) groups excluding carboxylic acids is 2. The molecule has 1 aliphatic heterocycles. The summed E-state index contributed by atoms with van der Waals surface area (Å²) >= 11 is 1.27. The summed E-state index contributed by atoms with van der Waals surface area (Å²) in [5.74, 6) is 1.88. The molecule has 1 aromatic heterocycles. The van der Waals surface area contributed by atoms with Crippen molar-refractivity contribution >= 4 is 54.8 Å². The molecule has 0 radical (unpaired) electrons. The van der Waals surface area contributed by atoms with E-state index in [-0.39, 0.29) is 22.9 Å². The minimum absolute atomic E-state index is 0.112. The maximum atomic E-state index is 13.4. The lowest BCUT2D eigenvalue weighted by atomic mass is 10.0. The van der Waals surface area contributed by atoms with Crippen molar-refractivity contribution in [2.45, 2.75) is 31.2 Å². The Kier molecular flexibility index (Phi) is 6.89. The molecule has 1 N–H and O–H groups in total. The van der Waals surface area contributed by atoms with E-state index in [2.05, 4.69) is 16.2 Å². The number of hydrogen-bond donors (Lipinski definition) is 1. The highest BCUT2D eigenvalue weighted by Crippen LogP contribution is 2.32. The third-order valence-corrected chi connectivity index (χ3v) is 9.08. The molecular formula is C28H24N4O4S2. The Hall–Kier alpha value is -4.20. The molecular weight excluding hydrogens is 520 g/mol. The number of sulfonamides is 1. The Morgan fingerprint density at radius 1 is 1.11 bits per heavy atom. The van der Waals surface area contributed by atoms with E-state index in [1.165, 1.54) is 46.8 Å². The van der Waals surface area contributed by atoms with Gasteiger partial charge in [0, 0.05) is 24.7 Å². The van der Waals surface area contributed by atoms with E-state index >= 15 is 0 Å². The lowest BCUT2D eigenvalue weighted by Crippen LogP contribution is -2.35. The van der Waals surface area contributed by atoms with Crippen LogP contribution in [0.4, 0.5) is 11.4 Å². The van der Waals surface area contributed by atoms with Crippen LogP contribution >= 0.6 is 11.3 Å². The van der Waals surface area contributed by atoms with E-state index < -0.39 is 15.9 Å². The second-order valence-electron chi connectivity index (χ2n) is 8.79. The summed E-state index contributed by atoms with van der Waals surface area (Å²) in [6.07, 6.45) is 7.13. The van der Waals surface area contributed by atoms with Crippen LogP contribution in [0.2, 0.25) is 0 Å². The molecule has 0 aliphatic carbocycles. The molecule has 0 saturated heterocycles. The number of anilines is 2. The monoisotopic (exact) mass is 544 g/mol. The van der Waals surface area contributed by atoms with Crippen molar-refractivity contribution in [3.8, 4) is 12.3 Å². The van der Waals surface area contributed by atoms with Crippen molar-refractivity contribution in [2.24, 2.45) is 4.99 Å². The topological polar surface area (TPSA) is 101 Å². The molecule has 192 valence electrons. The number of aromatic nitrogens is 1. The standard InChI is InChI=1S/C28H24N4O4S2/c1-3-16-31-25-15-12-22(29-19(2)33)18-26(25)37-28(31)30-27(34)21-10-13-23(14-11-21)38(35,36)32-17-6-8-20-7-4-5-9-24(20)32/h1,4-5,7,9-15,18H,6,8,16-17H2,2H3,(H,29,33). The fraction of sp³-hybridized carbons (Fsp3) is 0.179. The molecule has 4 aromatic rings. The fourth-order valence-electron chi connectivity index (χ4n) is 4.48. The zero-order valence-electron chi connectivity index (χ0n) is 20.5. The Labute approximate surface area is 224 Å². The van der Waals surface area contributed by atoms with Crippen LogP contribution in [0, 0.1) is 12.3 Å². The number of nitrogens with zero attached hydrogens (tertiary/aromatic N) is 3. The van der Waals surface area contributed by atoms with Gasteiger partial charge in [-0.3, -0.25) is 13.9 Å². The number of thiazole rings is 1. The van der Waals surface area contributed by atoms with Crippen molar-refractivity contribution in [3.05, 3.63) is 82.7 Å². The van der Waals surface area contributed by atoms with Crippen LogP contribution < -0.4 is 14.4 Å². The maximum Gasteiger partial charge on any atom is 0.279 e. The first-order valence-electron chi connectivity index (χ1n) is 11.9. The predicted molar refractivity (Wildman–Crippen MR) is 149 cm³/mol. The van der Waals surface area contributed by atoms with Crippen LogP contribution in [0.5, 0.6) is 0 Å². The minimum atomic E-state index is -3.78. The van der Waals surface area contributed by atoms with E-state index in [9.17, 15) is 18.0 Å². The highest BCUT2D eigenvalue weighted by Gasteiger charge is 2.29. The van der Waals surface area contributed by atoms with Gasteiger partial charge in [-0.1, -0.05) is 35.5 Å². The van der Waals surface area contributed by atoms with Crippen molar-refractivity contribution in [3.63, 3.8) is 0 Å². The van der Waals surface area contributed by atoms with Crippen molar-refractivity contribution < 1.29 is 18.0 Å². The summed E-state index contributed by atoms with van der Waals surface area (Å²) in [5, 5.41) is 2.74. The Morgan fingerprint density at radius 2 is 1.87 bits per heavy atom. The van der Waals surface area contributed by atoms with Crippen molar-refractivity contribution in [1.82, 2.24) is 4.57 Å². The maximum absolute atomic E-state index is 13.4. The SMILES string of the molecule is C#CCn1c(=NC(=O)c2ccc(S(=O)(=O)N3CCCc4ccccc43)cc2)sc2cc(NC(C)=O)ccc21. The third kappa shape index (κ3) is 4.86. The van der Waals surface area contributed by atoms with Gasteiger partial charge in [-0.25, -0.2) is 8.42 Å². The highest BCUT2D eigenvalue weighted by molar-refractivity contribution is 7.92. The molecule has 8 nitrogen and oxygen atoms in total. The molecule has 5 rings (SSSR count). The van der Waals surface area contributed by atoms with Crippen LogP contribution in [0.3, 0.4) is 0 Å². The summed E-state index contributed by atoms with van der Waals surface area (Å²) < 4.78 is 30.8. The summed E-state index contributed by atoms with van der Waals surface area (Å²) in [6.45, 7) is 2.04. The molecule has 0 unspecified atom stereocenters. The Bertz CT molecular complexity index is 1780. The molecule has 3 aromatic carbocycles. The molecule has 0 saturated carbocycles. The summed E-state index contributed by atoms with van der Waals surface area (Å²) in [7, 11) is -3.78. The number of amides is 2. The van der Waals surface area contributed by atoms with Gasteiger partial charge in [-0.15, -0.1) is 6.42 Å². The highest BCUT2D eigenvalue weighted by atomic mass is 32.2.